The van der Waals surface area contributed by atoms with Gasteiger partial charge in [-0.2, -0.15) is 0 Å². The van der Waals surface area contributed by atoms with Crippen LogP contribution in [0.2, 0.25) is 18.1 Å². The second-order valence-corrected chi connectivity index (χ2v) is 18.1. The Kier molecular flexibility index (Phi) is 15.0. The average Bonchev–Trinajstić information content (AvgIpc) is 3.43. The van der Waals surface area contributed by atoms with Gasteiger partial charge in [0.25, 0.3) is 0 Å². The number of rotatable bonds is 19. The minimum absolute atomic E-state index is 0.0404. The molecule has 0 unspecified atom stereocenters. The van der Waals surface area contributed by atoms with Crippen LogP contribution < -0.4 is 0 Å². The first-order valence-corrected chi connectivity index (χ1v) is 19.0. The topological polar surface area (TPSA) is 61.8 Å². The minimum Gasteiger partial charge on any atom is -0.462 e. The van der Waals surface area contributed by atoms with Gasteiger partial charge in [-0.1, -0.05) is 97.3 Å². The lowest BCUT2D eigenvalue weighted by molar-refractivity contribution is -0.145. The number of cyclic esters (lactones) is 2. The molecule has 2 aliphatic heterocycles. The maximum absolute atomic E-state index is 12.9. The Morgan fingerprint density at radius 1 is 0.825 bits per heavy atom. The normalized spacial score (nSPS) is 22.1. The third-order valence-electron chi connectivity index (χ3n) is 8.69. The highest BCUT2D eigenvalue weighted by molar-refractivity contribution is 6.74. The largest absolute Gasteiger partial charge is 0.462 e. The quantitative estimate of drug-likeness (QED) is 0.0505. The van der Waals surface area contributed by atoms with Crippen molar-refractivity contribution >= 4 is 20.3 Å². The molecule has 0 radical (unpaired) electrons. The first-order valence-electron chi connectivity index (χ1n) is 16.1. The Bertz CT molecular complexity index is 879. The molecule has 2 heterocycles. The van der Waals surface area contributed by atoms with Gasteiger partial charge in [0.05, 0.1) is 13.2 Å². The SMILES string of the molecule is CCCCCCCC/C=C\CCCCCCC/C=C1/C[C@](/C=C2\CCOC2=O)(CO[Si](C)(C)C(C)(C)C)OC1=O. The van der Waals surface area contributed by atoms with E-state index in [-0.39, 0.29) is 23.6 Å². The van der Waals surface area contributed by atoms with Gasteiger partial charge in [-0.05, 0) is 62.7 Å². The molecule has 1 atom stereocenters. The van der Waals surface area contributed by atoms with Crippen LogP contribution in [0.5, 0.6) is 0 Å². The van der Waals surface area contributed by atoms with Crippen molar-refractivity contribution in [1.29, 1.82) is 0 Å². The van der Waals surface area contributed by atoms with Crippen LogP contribution in [0.3, 0.4) is 0 Å². The van der Waals surface area contributed by atoms with E-state index < -0.39 is 13.9 Å². The number of carbonyl (C=O) groups is 2. The summed E-state index contributed by atoms with van der Waals surface area (Å²) in [6.45, 7) is 13.9. The van der Waals surface area contributed by atoms with Gasteiger partial charge in [0.2, 0.25) is 0 Å². The molecule has 2 rings (SSSR count). The molecule has 2 aliphatic rings. The Morgan fingerprint density at radius 2 is 1.40 bits per heavy atom. The van der Waals surface area contributed by atoms with E-state index in [1.165, 1.54) is 77.0 Å². The van der Waals surface area contributed by atoms with Crippen LogP contribution in [0.15, 0.2) is 35.5 Å². The minimum atomic E-state index is -2.06. The summed E-state index contributed by atoms with van der Waals surface area (Å²) in [7, 11) is -2.06. The third-order valence-corrected chi connectivity index (χ3v) is 13.2. The molecule has 6 heteroatoms. The Morgan fingerprint density at radius 3 is 1.95 bits per heavy atom. The van der Waals surface area contributed by atoms with Crippen molar-refractivity contribution in [2.75, 3.05) is 13.2 Å². The molecule has 0 N–H and O–H groups in total. The predicted octanol–water partition coefficient (Wildman–Crippen LogP) is 9.53. The average molecular weight is 575 g/mol. The van der Waals surface area contributed by atoms with Crippen molar-refractivity contribution in [3.8, 4) is 0 Å². The molecule has 0 bridgehead atoms. The van der Waals surface area contributed by atoms with Gasteiger partial charge in [0.15, 0.2) is 13.9 Å². The highest BCUT2D eigenvalue weighted by atomic mass is 28.4. The zero-order chi connectivity index (χ0) is 29.5. The molecule has 0 aromatic rings. The number of hydrogen-bond acceptors (Lipinski definition) is 5. The lowest BCUT2D eigenvalue weighted by Gasteiger charge is -2.38. The van der Waals surface area contributed by atoms with Crippen LogP contribution >= 0.6 is 0 Å². The molecule has 0 amide bonds. The van der Waals surface area contributed by atoms with E-state index in [0.717, 1.165) is 12.8 Å². The van der Waals surface area contributed by atoms with Gasteiger partial charge < -0.3 is 13.9 Å². The molecule has 0 saturated carbocycles. The van der Waals surface area contributed by atoms with Gasteiger partial charge in [-0.15, -0.1) is 0 Å². The summed E-state index contributed by atoms with van der Waals surface area (Å²) in [5, 5.41) is 0.0404. The Labute approximate surface area is 246 Å². The van der Waals surface area contributed by atoms with Crippen LogP contribution in [0.1, 0.15) is 130 Å². The van der Waals surface area contributed by atoms with E-state index in [1.54, 1.807) is 0 Å². The molecule has 2 saturated heterocycles. The summed E-state index contributed by atoms with van der Waals surface area (Å²) in [6, 6.07) is 0. The van der Waals surface area contributed by atoms with E-state index in [1.807, 2.05) is 12.2 Å². The summed E-state index contributed by atoms with van der Waals surface area (Å²) < 4.78 is 17.6. The second kappa shape index (κ2) is 17.3. The van der Waals surface area contributed by atoms with Crippen molar-refractivity contribution < 1.29 is 23.5 Å². The van der Waals surface area contributed by atoms with Gasteiger partial charge >= 0.3 is 11.9 Å². The van der Waals surface area contributed by atoms with Crippen LogP contribution in [-0.2, 0) is 23.5 Å². The van der Waals surface area contributed by atoms with E-state index >= 15 is 0 Å². The molecule has 0 aliphatic carbocycles. The summed E-state index contributed by atoms with van der Waals surface area (Å²) in [4.78, 5) is 25.1. The van der Waals surface area contributed by atoms with E-state index in [9.17, 15) is 9.59 Å². The molecule has 5 nitrogen and oxygen atoms in total. The van der Waals surface area contributed by atoms with Crippen molar-refractivity contribution in [3.63, 3.8) is 0 Å². The van der Waals surface area contributed by atoms with Crippen molar-refractivity contribution in [1.82, 2.24) is 0 Å². The molecular formula is C34H58O5Si. The van der Waals surface area contributed by atoms with Crippen molar-refractivity contribution in [3.05, 3.63) is 35.5 Å². The molecule has 228 valence electrons. The van der Waals surface area contributed by atoms with Gasteiger partial charge in [0, 0.05) is 24.0 Å². The highest BCUT2D eigenvalue weighted by Gasteiger charge is 2.46. The van der Waals surface area contributed by atoms with Crippen molar-refractivity contribution in [2.45, 2.75) is 154 Å². The zero-order valence-electron chi connectivity index (χ0n) is 26.6. The predicted molar refractivity (Wildman–Crippen MR) is 168 cm³/mol. The zero-order valence-corrected chi connectivity index (χ0v) is 27.6. The maximum Gasteiger partial charge on any atom is 0.334 e. The van der Waals surface area contributed by atoms with E-state index in [4.69, 9.17) is 13.9 Å². The lowest BCUT2D eigenvalue weighted by Crippen LogP contribution is -2.45. The van der Waals surface area contributed by atoms with E-state index in [2.05, 4.69) is 52.9 Å². The van der Waals surface area contributed by atoms with Crippen LogP contribution in [-0.4, -0.2) is 39.1 Å². The monoisotopic (exact) mass is 574 g/mol. The standard InChI is InChI=1S/C34H58O5Si/c1-7-8-9-10-11-12-13-14-15-16-17-18-19-20-21-22-23-29-26-34(39-32(29)36,27-30-24-25-37-31(30)35)28-38-40(5,6)33(2,3)4/h14-15,23,27H,7-13,16-22,24-26,28H2,1-6H3/b15-14-,29-23-,30-27+/t34-/m0/s1. The number of ether oxygens (including phenoxy) is 2. The van der Waals surface area contributed by atoms with Gasteiger partial charge in [-0.25, -0.2) is 9.59 Å². The fourth-order valence-electron chi connectivity index (χ4n) is 4.95. The number of carbonyl (C=O) groups excluding carboxylic acids is 2. The van der Waals surface area contributed by atoms with Crippen LogP contribution in [0.4, 0.5) is 0 Å². The summed E-state index contributed by atoms with van der Waals surface area (Å²) in [6.07, 6.45) is 27.1. The molecule has 40 heavy (non-hydrogen) atoms. The maximum atomic E-state index is 12.9. The summed E-state index contributed by atoms with van der Waals surface area (Å²) in [5.41, 5.74) is 0.363. The fraction of sp³-hybridized carbons (Fsp3) is 0.765. The fourth-order valence-corrected chi connectivity index (χ4v) is 5.98. The summed E-state index contributed by atoms with van der Waals surface area (Å²) >= 11 is 0. The Hall–Kier alpha value is -1.66. The Balaban J connectivity index is 1.74. The molecule has 0 aromatic carbocycles. The molecule has 0 spiro atoms. The number of esters is 2. The molecule has 0 aromatic heterocycles. The van der Waals surface area contributed by atoms with Crippen LogP contribution in [0, 0.1) is 0 Å². The lowest BCUT2D eigenvalue weighted by atomic mass is 9.94. The number of allylic oxidation sites excluding steroid dienone is 3. The first-order chi connectivity index (χ1) is 19.0. The third kappa shape index (κ3) is 12.1. The molecular weight excluding hydrogens is 516 g/mol. The van der Waals surface area contributed by atoms with Gasteiger partial charge in [-0.3, -0.25) is 0 Å². The summed E-state index contributed by atoms with van der Waals surface area (Å²) in [5.74, 6) is -0.594. The second-order valence-electron chi connectivity index (χ2n) is 13.3. The van der Waals surface area contributed by atoms with E-state index in [0.29, 0.717) is 30.6 Å². The first kappa shape index (κ1) is 34.5. The molecule has 2 fully saturated rings. The van der Waals surface area contributed by atoms with Gasteiger partial charge in [0.1, 0.15) is 0 Å². The van der Waals surface area contributed by atoms with Crippen LogP contribution in [0.25, 0.3) is 0 Å². The number of hydrogen-bond donors (Lipinski definition) is 0. The smallest absolute Gasteiger partial charge is 0.334 e. The highest BCUT2D eigenvalue weighted by Crippen LogP contribution is 2.40. The van der Waals surface area contributed by atoms with Crippen molar-refractivity contribution in [2.24, 2.45) is 0 Å². The number of unbranched alkanes of at least 4 members (excludes halogenated alkanes) is 12.